The molecule has 11 nitrogen and oxygen atoms in total. The zero-order valence-corrected chi connectivity index (χ0v) is 30.6. The molecule has 52 heavy (non-hydrogen) atoms. The quantitative estimate of drug-likeness (QED) is 0.197. The number of carbonyl (C=O) groups excluding carboxylic acids is 3. The molecule has 0 radical (unpaired) electrons. The first-order valence-electron chi connectivity index (χ1n) is 18.4. The Morgan fingerprint density at radius 2 is 1.83 bits per heavy atom. The van der Waals surface area contributed by atoms with Crippen molar-refractivity contribution in [1.82, 2.24) is 29.7 Å². The number of aromatic nitrogens is 3. The highest BCUT2D eigenvalue weighted by Crippen LogP contribution is 2.43. The summed E-state index contributed by atoms with van der Waals surface area (Å²) in [6.07, 6.45) is 8.11. The summed E-state index contributed by atoms with van der Waals surface area (Å²) >= 11 is 1.29. The lowest BCUT2D eigenvalue weighted by Crippen LogP contribution is -2.61. The molecule has 0 saturated carbocycles. The number of anilines is 2. The number of halogens is 1. The van der Waals surface area contributed by atoms with E-state index >= 15 is 4.39 Å². The van der Waals surface area contributed by atoms with E-state index in [4.69, 9.17) is 0 Å². The van der Waals surface area contributed by atoms with Gasteiger partial charge in [-0.05, 0) is 80.0 Å². The largest absolute Gasteiger partial charge is 0.370 e. The maximum atomic E-state index is 15.8. The number of thiazole rings is 1. The van der Waals surface area contributed by atoms with E-state index in [-0.39, 0.29) is 29.0 Å². The first-order valence-corrected chi connectivity index (χ1v) is 19.3. The predicted octanol–water partition coefficient (Wildman–Crippen LogP) is 5.49. The van der Waals surface area contributed by atoms with Gasteiger partial charge in [0.1, 0.15) is 5.82 Å². The molecule has 8 rings (SSSR count). The summed E-state index contributed by atoms with van der Waals surface area (Å²) in [6, 6.07) is 10.3. The Morgan fingerprint density at radius 1 is 1.04 bits per heavy atom. The highest BCUT2D eigenvalue weighted by atomic mass is 32.1. The minimum Gasteiger partial charge on any atom is -0.370 e. The number of likely N-dealkylation sites (tertiary alicyclic amines) is 1. The van der Waals surface area contributed by atoms with E-state index in [0.717, 1.165) is 88.3 Å². The van der Waals surface area contributed by atoms with Crippen LogP contribution in [0.5, 0.6) is 0 Å². The average molecular weight is 725 g/mol. The normalized spacial score (nSPS) is 18.2. The number of benzene rings is 2. The monoisotopic (exact) mass is 724 g/mol. The molecule has 2 aromatic carbocycles. The van der Waals surface area contributed by atoms with E-state index in [1.807, 2.05) is 21.6 Å². The summed E-state index contributed by atoms with van der Waals surface area (Å²) < 4.78 is 17.9. The first kappa shape index (κ1) is 34.5. The zero-order chi connectivity index (χ0) is 36.0. The van der Waals surface area contributed by atoms with Gasteiger partial charge < -0.3 is 24.6 Å². The van der Waals surface area contributed by atoms with Crippen molar-refractivity contribution in [3.05, 3.63) is 82.6 Å². The molecule has 13 heteroatoms. The molecular weight excluding hydrogens is 680 g/mol. The summed E-state index contributed by atoms with van der Waals surface area (Å²) in [5.41, 5.74) is 4.77. The molecule has 1 spiro atoms. The van der Waals surface area contributed by atoms with Crippen LogP contribution in [0.1, 0.15) is 72.9 Å². The Bertz CT molecular complexity index is 1960. The standard InChI is InChI=1S/C39H45FN8O3S/c1-25(2)9-12-41-20-33(49)45-15-10-39(11-16-45)22-47(23-39)28-7-5-26(6-8-28)27-18-29-30(31(40)19-27)21-48(37(29)51)35(36(50)44-38-42-13-17-52-38)34-32-4-3-14-46(32)24-43-34/h5-8,13,17-19,24-25,35,41H,3-4,9-12,14-16,20-23H2,1-2H3,(H,42,44,50). The van der Waals surface area contributed by atoms with Crippen molar-refractivity contribution in [3.63, 3.8) is 0 Å². The lowest BCUT2D eigenvalue weighted by molar-refractivity contribution is -0.132. The zero-order valence-electron chi connectivity index (χ0n) is 29.7. The van der Waals surface area contributed by atoms with Crippen LogP contribution in [0.2, 0.25) is 0 Å². The molecule has 0 bridgehead atoms. The fourth-order valence-electron chi connectivity index (χ4n) is 8.22. The molecule has 6 heterocycles. The summed E-state index contributed by atoms with van der Waals surface area (Å²) in [6.45, 7) is 9.97. The van der Waals surface area contributed by atoms with Gasteiger partial charge in [0.15, 0.2) is 11.2 Å². The SMILES string of the molecule is CC(C)CCNCC(=O)N1CCC2(CC1)CN(c1ccc(-c3cc(F)c4c(c3)C(=O)N(C(C(=O)Nc3nccs3)c3ncn5c3CCC5)C4)cc1)C2. The van der Waals surface area contributed by atoms with Crippen LogP contribution in [-0.4, -0.2) is 81.3 Å². The molecule has 1 atom stereocenters. The van der Waals surface area contributed by atoms with Gasteiger partial charge >= 0.3 is 0 Å². The Balaban J connectivity index is 0.926. The number of hydrogen-bond acceptors (Lipinski definition) is 8. The summed E-state index contributed by atoms with van der Waals surface area (Å²) in [5, 5.41) is 8.34. The van der Waals surface area contributed by atoms with Crippen molar-refractivity contribution in [2.75, 3.05) is 49.5 Å². The van der Waals surface area contributed by atoms with Crippen molar-refractivity contribution < 1.29 is 18.8 Å². The Hall–Kier alpha value is -4.62. The van der Waals surface area contributed by atoms with Gasteiger partial charge in [-0.2, -0.15) is 0 Å². The molecule has 272 valence electrons. The maximum absolute atomic E-state index is 15.8. The van der Waals surface area contributed by atoms with Gasteiger partial charge in [-0.1, -0.05) is 26.0 Å². The molecule has 4 aromatic rings. The van der Waals surface area contributed by atoms with Crippen LogP contribution >= 0.6 is 11.3 Å². The molecule has 3 amide bonds. The summed E-state index contributed by atoms with van der Waals surface area (Å²) in [4.78, 5) is 55.1. The van der Waals surface area contributed by atoms with Gasteiger partial charge in [0.05, 0.1) is 25.1 Å². The van der Waals surface area contributed by atoms with E-state index in [9.17, 15) is 14.4 Å². The molecule has 2 fully saturated rings. The number of nitrogens with zero attached hydrogens (tertiary/aromatic N) is 6. The number of fused-ring (bicyclic) bond motifs is 2. The van der Waals surface area contributed by atoms with E-state index in [0.29, 0.717) is 28.9 Å². The van der Waals surface area contributed by atoms with Crippen molar-refractivity contribution >= 4 is 39.9 Å². The molecule has 4 aliphatic heterocycles. The van der Waals surface area contributed by atoms with Crippen LogP contribution in [0.4, 0.5) is 15.2 Å². The van der Waals surface area contributed by atoms with Crippen molar-refractivity contribution in [1.29, 1.82) is 0 Å². The molecule has 0 aliphatic carbocycles. The third kappa shape index (κ3) is 6.60. The summed E-state index contributed by atoms with van der Waals surface area (Å²) in [7, 11) is 0. The van der Waals surface area contributed by atoms with Crippen LogP contribution in [0.15, 0.2) is 54.3 Å². The number of imidazole rings is 1. The van der Waals surface area contributed by atoms with Crippen molar-refractivity contribution in [2.45, 2.75) is 65.1 Å². The second-order valence-electron chi connectivity index (χ2n) is 15.2. The van der Waals surface area contributed by atoms with Crippen molar-refractivity contribution in [2.24, 2.45) is 11.3 Å². The number of amides is 3. The van der Waals surface area contributed by atoms with Gasteiger partial charge in [-0.25, -0.2) is 14.4 Å². The fraction of sp³-hybridized carbons (Fsp3) is 0.462. The third-order valence-corrected chi connectivity index (χ3v) is 11.9. The van der Waals surface area contributed by atoms with Crippen molar-refractivity contribution in [3.8, 4) is 11.1 Å². The number of carbonyl (C=O) groups is 3. The molecule has 4 aliphatic rings. The molecular formula is C39H45FN8O3S. The highest BCUT2D eigenvalue weighted by molar-refractivity contribution is 7.13. The van der Waals surface area contributed by atoms with E-state index in [1.54, 1.807) is 24.0 Å². The number of rotatable bonds is 11. The fourth-order valence-corrected chi connectivity index (χ4v) is 8.75. The number of hydrogen-bond donors (Lipinski definition) is 2. The smallest absolute Gasteiger partial charge is 0.255 e. The lowest BCUT2D eigenvalue weighted by atomic mass is 9.71. The van der Waals surface area contributed by atoms with E-state index in [2.05, 4.69) is 51.5 Å². The van der Waals surface area contributed by atoms with Crippen LogP contribution in [0.3, 0.4) is 0 Å². The Kier molecular flexibility index (Phi) is 9.33. The minimum absolute atomic E-state index is 0.0285. The van der Waals surface area contributed by atoms with Crippen LogP contribution in [-0.2, 0) is 29.1 Å². The maximum Gasteiger partial charge on any atom is 0.255 e. The summed E-state index contributed by atoms with van der Waals surface area (Å²) in [5.74, 6) is -0.465. The Labute approximate surface area is 307 Å². The second-order valence-corrected chi connectivity index (χ2v) is 16.1. The lowest BCUT2D eigenvalue weighted by Gasteiger charge is -2.55. The minimum atomic E-state index is -1.02. The first-order chi connectivity index (χ1) is 25.2. The topological polar surface area (TPSA) is 116 Å². The molecule has 2 saturated heterocycles. The molecule has 2 N–H and O–H groups in total. The van der Waals surface area contributed by atoms with Crippen LogP contribution in [0.25, 0.3) is 11.1 Å². The Morgan fingerprint density at radius 3 is 2.56 bits per heavy atom. The van der Waals surface area contributed by atoms with Crippen LogP contribution < -0.4 is 15.5 Å². The predicted molar refractivity (Wildman–Crippen MR) is 199 cm³/mol. The van der Waals surface area contributed by atoms with Gasteiger partial charge in [-0.3, -0.25) is 19.7 Å². The highest BCUT2D eigenvalue weighted by Gasteiger charge is 2.46. The number of piperidine rings is 1. The third-order valence-electron chi connectivity index (χ3n) is 11.3. The molecule has 1 unspecified atom stereocenters. The van der Waals surface area contributed by atoms with Gasteiger partial charge in [0, 0.05) is 72.2 Å². The van der Waals surface area contributed by atoms with E-state index in [1.165, 1.54) is 22.3 Å². The van der Waals surface area contributed by atoms with Gasteiger partial charge in [0.25, 0.3) is 11.8 Å². The van der Waals surface area contributed by atoms with Crippen LogP contribution in [0, 0.1) is 17.2 Å². The number of nitrogens with one attached hydrogen (secondary N) is 2. The van der Waals surface area contributed by atoms with E-state index < -0.39 is 23.7 Å². The molecule has 2 aromatic heterocycles. The second kappa shape index (κ2) is 14.1. The van der Waals surface area contributed by atoms with Gasteiger partial charge in [0.2, 0.25) is 5.91 Å². The number of aryl methyl sites for hydroxylation is 1. The average Bonchev–Trinajstić information content (AvgIpc) is 3.94. The van der Waals surface area contributed by atoms with Gasteiger partial charge in [-0.15, -0.1) is 11.3 Å².